The number of rotatable bonds is 7. The van der Waals surface area contributed by atoms with E-state index in [1.165, 1.54) is 13.0 Å². The fourth-order valence-corrected chi connectivity index (χ4v) is 1.56. The highest BCUT2D eigenvalue weighted by molar-refractivity contribution is 4.70. The van der Waals surface area contributed by atoms with Gasteiger partial charge in [0, 0.05) is 12.1 Å². The van der Waals surface area contributed by atoms with Gasteiger partial charge in [0.05, 0.1) is 0 Å². The van der Waals surface area contributed by atoms with E-state index in [0.29, 0.717) is 18.0 Å². The Morgan fingerprint density at radius 1 is 1.07 bits per heavy atom. The summed E-state index contributed by atoms with van der Waals surface area (Å²) in [6.07, 6.45) is 2.35. The Balaban J connectivity index is 3.81. The molecule has 0 aromatic carbocycles. The molecule has 1 atom stereocenters. The second-order valence-electron chi connectivity index (χ2n) is 4.83. The monoisotopic (exact) mass is 200 g/mol. The average molecular weight is 200 g/mol. The van der Waals surface area contributed by atoms with E-state index in [1.807, 2.05) is 0 Å². The maximum atomic E-state index is 6.03. The quantitative estimate of drug-likeness (QED) is 0.684. The molecule has 0 saturated heterocycles. The smallest absolute Gasteiger partial charge is 0.00740 e. The Kier molecular flexibility index (Phi) is 7.20. The molecule has 0 amide bonds. The van der Waals surface area contributed by atoms with Gasteiger partial charge in [0.25, 0.3) is 0 Å². The molecule has 0 bridgehead atoms. The van der Waals surface area contributed by atoms with Crippen LogP contribution in [0.1, 0.15) is 47.5 Å². The lowest BCUT2D eigenvalue weighted by Crippen LogP contribution is -2.37. The summed E-state index contributed by atoms with van der Waals surface area (Å²) in [5.74, 6) is 0.602. The summed E-state index contributed by atoms with van der Waals surface area (Å²) in [4.78, 5) is 2.52. The van der Waals surface area contributed by atoms with Crippen LogP contribution in [-0.4, -0.2) is 30.1 Å². The summed E-state index contributed by atoms with van der Waals surface area (Å²) in [7, 11) is 0. The highest BCUT2D eigenvalue weighted by Crippen LogP contribution is 2.07. The average Bonchev–Trinajstić information content (AvgIpc) is 2.10. The summed E-state index contributed by atoms with van der Waals surface area (Å²) < 4.78 is 0. The molecule has 14 heavy (non-hydrogen) atoms. The Bertz CT molecular complexity index is 132. The first kappa shape index (κ1) is 13.9. The van der Waals surface area contributed by atoms with Crippen LogP contribution in [0.25, 0.3) is 0 Å². The van der Waals surface area contributed by atoms with Crippen molar-refractivity contribution in [3.63, 3.8) is 0 Å². The van der Waals surface area contributed by atoms with Crippen LogP contribution in [-0.2, 0) is 0 Å². The SMILES string of the molecule is CCCN(CCC(N)C(C)C)C(C)C. The van der Waals surface area contributed by atoms with Gasteiger partial charge >= 0.3 is 0 Å². The fraction of sp³-hybridized carbons (Fsp3) is 1.00. The molecule has 0 aliphatic carbocycles. The van der Waals surface area contributed by atoms with Crippen molar-refractivity contribution in [1.29, 1.82) is 0 Å². The van der Waals surface area contributed by atoms with Gasteiger partial charge in [-0.05, 0) is 45.7 Å². The zero-order valence-electron chi connectivity index (χ0n) is 10.6. The molecule has 0 aliphatic heterocycles. The fourth-order valence-electron chi connectivity index (χ4n) is 1.56. The van der Waals surface area contributed by atoms with E-state index in [9.17, 15) is 0 Å². The number of hydrogen-bond acceptors (Lipinski definition) is 2. The van der Waals surface area contributed by atoms with Crippen LogP contribution in [0, 0.1) is 5.92 Å². The topological polar surface area (TPSA) is 29.3 Å². The molecule has 0 fully saturated rings. The second kappa shape index (κ2) is 7.24. The minimum atomic E-state index is 0.355. The molecule has 86 valence electrons. The molecular weight excluding hydrogens is 172 g/mol. The van der Waals surface area contributed by atoms with Gasteiger partial charge in [0.2, 0.25) is 0 Å². The van der Waals surface area contributed by atoms with Gasteiger partial charge in [-0.25, -0.2) is 0 Å². The van der Waals surface area contributed by atoms with Crippen LogP contribution in [0.15, 0.2) is 0 Å². The van der Waals surface area contributed by atoms with Gasteiger partial charge in [-0.2, -0.15) is 0 Å². The molecule has 0 aliphatic rings. The Labute approximate surface area is 89.9 Å². The van der Waals surface area contributed by atoms with Gasteiger partial charge in [-0.1, -0.05) is 20.8 Å². The van der Waals surface area contributed by atoms with Crippen molar-refractivity contribution in [1.82, 2.24) is 4.90 Å². The molecule has 0 radical (unpaired) electrons. The molecule has 0 rings (SSSR count). The standard InChI is InChI=1S/C12H28N2/c1-6-8-14(11(4)5)9-7-12(13)10(2)3/h10-12H,6-9,13H2,1-5H3. The summed E-state index contributed by atoms with van der Waals surface area (Å²) in [6, 6.07) is 1.00. The predicted octanol–water partition coefficient (Wildman–Crippen LogP) is 2.48. The van der Waals surface area contributed by atoms with Crippen molar-refractivity contribution in [3.05, 3.63) is 0 Å². The molecule has 0 heterocycles. The molecule has 1 unspecified atom stereocenters. The highest BCUT2D eigenvalue weighted by atomic mass is 15.1. The van der Waals surface area contributed by atoms with Gasteiger partial charge in [-0.15, -0.1) is 0 Å². The maximum absolute atomic E-state index is 6.03. The normalized spacial score (nSPS) is 14.4. The Hall–Kier alpha value is -0.0800. The molecule has 0 spiro atoms. The summed E-state index contributed by atoms with van der Waals surface area (Å²) in [6.45, 7) is 13.5. The zero-order chi connectivity index (χ0) is 11.1. The first-order chi connectivity index (χ1) is 6.49. The van der Waals surface area contributed by atoms with Crippen LogP contribution >= 0.6 is 0 Å². The van der Waals surface area contributed by atoms with E-state index in [-0.39, 0.29) is 0 Å². The zero-order valence-corrected chi connectivity index (χ0v) is 10.6. The van der Waals surface area contributed by atoms with Crippen molar-refractivity contribution < 1.29 is 0 Å². The predicted molar refractivity (Wildman–Crippen MR) is 64.4 cm³/mol. The first-order valence-electron chi connectivity index (χ1n) is 5.98. The van der Waals surface area contributed by atoms with Crippen molar-refractivity contribution in [3.8, 4) is 0 Å². The lowest BCUT2D eigenvalue weighted by Gasteiger charge is -2.28. The minimum Gasteiger partial charge on any atom is -0.327 e. The third-order valence-corrected chi connectivity index (χ3v) is 2.85. The summed E-state index contributed by atoms with van der Waals surface area (Å²) in [5.41, 5.74) is 6.03. The van der Waals surface area contributed by atoms with Crippen molar-refractivity contribution >= 4 is 0 Å². The van der Waals surface area contributed by atoms with E-state index in [4.69, 9.17) is 5.73 Å². The second-order valence-corrected chi connectivity index (χ2v) is 4.83. The highest BCUT2D eigenvalue weighted by Gasteiger charge is 2.12. The molecule has 2 nitrogen and oxygen atoms in total. The first-order valence-corrected chi connectivity index (χ1v) is 5.98. The van der Waals surface area contributed by atoms with Crippen LogP contribution in [0.2, 0.25) is 0 Å². The molecule has 0 saturated carbocycles. The lowest BCUT2D eigenvalue weighted by molar-refractivity contribution is 0.208. The lowest BCUT2D eigenvalue weighted by atomic mass is 10.0. The van der Waals surface area contributed by atoms with Gasteiger partial charge in [0.1, 0.15) is 0 Å². The molecule has 2 heteroatoms. The summed E-state index contributed by atoms with van der Waals surface area (Å²) in [5, 5.41) is 0. The molecule has 2 N–H and O–H groups in total. The van der Waals surface area contributed by atoms with E-state index in [2.05, 4.69) is 39.5 Å². The van der Waals surface area contributed by atoms with Crippen molar-refractivity contribution in [2.24, 2.45) is 11.7 Å². The van der Waals surface area contributed by atoms with E-state index in [1.54, 1.807) is 0 Å². The third-order valence-electron chi connectivity index (χ3n) is 2.85. The van der Waals surface area contributed by atoms with E-state index in [0.717, 1.165) is 13.0 Å². The maximum Gasteiger partial charge on any atom is 0.00740 e. The van der Waals surface area contributed by atoms with Crippen LogP contribution in [0.3, 0.4) is 0 Å². The van der Waals surface area contributed by atoms with Crippen LogP contribution in [0.4, 0.5) is 0 Å². The Morgan fingerprint density at radius 2 is 1.64 bits per heavy atom. The number of nitrogens with two attached hydrogens (primary N) is 1. The minimum absolute atomic E-state index is 0.355. The number of nitrogens with zero attached hydrogens (tertiary/aromatic N) is 1. The van der Waals surface area contributed by atoms with Gasteiger partial charge < -0.3 is 10.6 Å². The largest absolute Gasteiger partial charge is 0.327 e. The van der Waals surface area contributed by atoms with E-state index >= 15 is 0 Å². The molecule has 0 aromatic rings. The summed E-state index contributed by atoms with van der Waals surface area (Å²) >= 11 is 0. The van der Waals surface area contributed by atoms with Gasteiger partial charge in [-0.3, -0.25) is 0 Å². The molecular formula is C12H28N2. The third kappa shape index (κ3) is 5.61. The van der Waals surface area contributed by atoms with Gasteiger partial charge in [0.15, 0.2) is 0 Å². The molecule has 0 aromatic heterocycles. The van der Waals surface area contributed by atoms with Crippen LogP contribution < -0.4 is 5.73 Å². The van der Waals surface area contributed by atoms with Crippen molar-refractivity contribution in [2.45, 2.75) is 59.5 Å². The van der Waals surface area contributed by atoms with Crippen molar-refractivity contribution in [2.75, 3.05) is 13.1 Å². The Morgan fingerprint density at radius 3 is 2.00 bits per heavy atom. The van der Waals surface area contributed by atoms with E-state index < -0.39 is 0 Å². The number of hydrogen-bond donors (Lipinski definition) is 1. The van der Waals surface area contributed by atoms with Crippen LogP contribution in [0.5, 0.6) is 0 Å².